The smallest absolute Gasteiger partial charge is 0.333 e. The Morgan fingerprint density at radius 3 is 1.82 bits per heavy atom. The van der Waals surface area contributed by atoms with Crippen LogP contribution in [-0.4, -0.2) is 70.9 Å². The Bertz CT molecular complexity index is 1570. The molecule has 0 aromatic carbocycles. The minimum atomic E-state index is -1.25. The maximum absolute atomic E-state index is 13.5. The number of hydrogen-bond acceptors (Lipinski definition) is 9. The van der Waals surface area contributed by atoms with E-state index in [0.717, 1.165) is 25.7 Å². The Morgan fingerprint density at radius 2 is 1.27 bits per heavy atom. The molecule has 0 spiro atoms. The van der Waals surface area contributed by atoms with Crippen molar-refractivity contribution in [1.82, 2.24) is 0 Å². The lowest BCUT2D eigenvalue weighted by Crippen LogP contribution is -2.71. The molecule has 0 aromatic rings. The minimum Gasteiger partial charge on any atom is -0.462 e. The summed E-state index contributed by atoms with van der Waals surface area (Å²) in [6.45, 7) is 27.6. The molecule has 4 saturated carbocycles. The summed E-state index contributed by atoms with van der Waals surface area (Å²) in [5.41, 5.74) is -2.22. The molecule has 4 fully saturated rings. The van der Waals surface area contributed by atoms with Gasteiger partial charge in [-0.25, -0.2) is 14.4 Å². The van der Waals surface area contributed by atoms with Gasteiger partial charge in [0, 0.05) is 22.1 Å². The highest BCUT2D eigenvalue weighted by Gasteiger charge is 2.71. The number of esters is 3. The van der Waals surface area contributed by atoms with Crippen LogP contribution >= 0.6 is 0 Å². The van der Waals surface area contributed by atoms with E-state index in [9.17, 15) is 29.7 Å². The van der Waals surface area contributed by atoms with E-state index in [1.54, 1.807) is 52.8 Å². The Hall–Kier alpha value is -2.75. The van der Waals surface area contributed by atoms with Crippen LogP contribution in [0.3, 0.4) is 0 Å². The Balaban J connectivity index is 1.82. The van der Waals surface area contributed by atoms with Gasteiger partial charge in [0.15, 0.2) is 0 Å². The Kier molecular flexibility index (Phi) is 13.3. The lowest BCUT2D eigenvalue weighted by atomic mass is 9.35. The predicted molar refractivity (Wildman–Crippen MR) is 214 cm³/mol. The number of aliphatic hydroxyl groups is 3. The summed E-state index contributed by atoms with van der Waals surface area (Å²) in [6.07, 6.45) is 8.42. The zero-order valence-corrected chi connectivity index (χ0v) is 35.9. The number of aliphatic hydroxyl groups excluding tert-OH is 3. The first-order chi connectivity index (χ1) is 25.5. The summed E-state index contributed by atoms with van der Waals surface area (Å²) in [6, 6.07) is 0. The van der Waals surface area contributed by atoms with Gasteiger partial charge in [-0.1, -0.05) is 65.8 Å². The highest BCUT2D eigenvalue weighted by atomic mass is 16.6. The van der Waals surface area contributed by atoms with E-state index in [0.29, 0.717) is 42.4 Å². The second kappa shape index (κ2) is 16.2. The number of rotatable bonds is 11. The van der Waals surface area contributed by atoms with E-state index in [1.807, 2.05) is 26.8 Å². The molecule has 310 valence electrons. The van der Waals surface area contributed by atoms with Crippen molar-refractivity contribution >= 4 is 17.9 Å². The van der Waals surface area contributed by atoms with Crippen LogP contribution < -0.4 is 0 Å². The molecule has 55 heavy (non-hydrogen) atoms. The highest BCUT2D eigenvalue weighted by molar-refractivity contribution is 5.88. The van der Waals surface area contributed by atoms with Crippen LogP contribution in [0.5, 0.6) is 0 Å². The topological polar surface area (TPSA) is 140 Å². The van der Waals surface area contributed by atoms with E-state index >= 15 is 0 Å². The molecule has 4 aliphatic rings. The third-order valence-corrected chi connectivity index (χ3v) is 16.2. The molecule has 4 rings (SSSR count). The van der Waals surface area contributed by atoms with Crippen LogP contribution in [0.1, 0.15) is 134 Å². The molecule has 0 amide bonds. The van der Waals surface area contributed by atoms with Crippen molar-refractivity contribution in [3.8, 4) is 0 Å². The van der Waals surface area contributed by atoms with Crippen LogP contribution in [0, 0.1) is 50.2 Å². The van der Waals surface area contributed by atoms with E-state index < -0.39 is 58.0 Å². The summed E-state index contributed by atoms with van der Waals surface area (Å²) in [5, 5.41) is 36.4. The van der Waals surface area contributed by atoms with Crippen molar-refractivity contribution < 1.29 is 43.9 Å². The molecular weight excluding hydrogens is 696 g/mol. The molecule has 0 heterocycles. The third-order valence-electron chi connectivity index (χ3n) is 16.2. The molecule has 9 heteroatoms. The molecule has 4 aliphatic carbocycles. The number of carbonyl (C=O) groups is 3. The Morgan fingerprint density at radius 1 is 0.727 bits per heavy atom. The van der Waals surface area contributed by atoms with Crippen molar-refractivity contribution in [2.24, 2.45) is 50.2 Å². The second-order valence-corrected chi connectivity index (χ2v) is 19.5. The zero-order chi connectivity index (χ0) is 41.5. The molecule has 0 bridgehead atoms. The lowest BCUT2D eigenvalue weighted by Gasteiger charge is -2.70. The molecule has 0 saturated heterocycles. The number of fused-ring (bicyclic) bond motifs is 2. The van der Waals surface area contributed by atoms with Crippen LogP contribution in [0.15, 0.2) is 47.6 Å². The van der Waals surface area contributed by atoms with Crippen molar-refractivity contribution in [3.05, 3.63) is 47.6 Å². The number of allylic oxidation sites excluding steroid dienone is 4. The largest absolute Gasteiger partial charge is 0.462 e. The van der Waals surface area contributed by atoms with Gasteiger partial charge in [-0.3, -0.25) is 0 Å². The quantitative estimate of drug-likeness (QED) is 0.0822. The fourth-order valence-corrected chi connectivity index (χ4v) is 12.0. The lowest BCUT2D eigenvalue weighted by molar-refractivity contribution is -0.280. The second-order valence-electron chi connectivity index (χ2n) is 19.5. The van der Waals surface area contributed by atoms with Crippen LogP contribution in [0.4, 0.5) is 0 Å². The van der Waals surface area contributed by atoms with Gasteiger partial charge in [0.25, 0.3) is 0 Å². The molecule has 0 aromatic heterocycles. The summed E-state index contributed by atoms with van der Waals surface area (Å²) in [7, 11) is 0. The summed E-state index contributed by atoms with van der Waals surface area (Å²) in [5.74, 6) is -1.55. The first-order valence-corrected chi connectivity index (χ1v) is 20.6. The first kappa shape index (κ1) is 45.0. The normalized spacial score (nSPS) is 42.0. The number of carbonyl (C=O) groups excluding carboxylic acids is 3. The number of hydrogen-bond donors (Lipinski definition) is 3. The minimum absolute atomic E-state index is 0.0633. The average molecular weight is 769 g/mol. The van der Waals surface area contributed by atoms with Gasteiger partial charge in [-0.05, 0) is 132 Å². The maximum atomic E-state index is 13.5. The monoisotopic (exact) mass is 769 g/mol. The van der Waals surface area contributed by atoms with Gasteiger partial charge in [-0.2, -0.15) is 0 Å². The fraction of sp³-hybridized carbons (Fsp3) is 0.761. The van der Waals surface area contributed by atoms with E-state index in [4.69, 9.17) is 14.2 Å². The van der Waals surface area contributed by atoms with Gasteiger partial charge in [0.05, 0.1) is 30.3 Å². The van der Waals surface area contributed by atoms with Crippen molar-refractivity contribution in [3.63, 3.8) is 0 Å². The first-order valence-electron chi connectivity index (χ1n) is 20.6. The van der Waals surface area contributed by atoms with E-state index in [-0.39, 0.29) is 47.8 Å². The summed E-state index contributed by atoms with van der Waals surface area (Å²) >= 11 is 0. The maximum Gasteiger partial charge on any atom is 0.333 e. The van der Waals surface area contributed by atoms with Crippen LogP contribution in [0.2, 0.25) is 0 Å². The molecule has 3 N–H and O–H groups in total. The summed E-state index contributed by atoms with van der Waals surface area (Å²) in [4.78, 5) is 39.5. The molecular formula is C46H72O9. The van der Waals surface area contributed by atoms with Gasteiger partial charge >= 0.3 is 17.9 Å². The third kappa shape index (κ3) is 7.56. The highest BCUT2D eigenvalue weighted by Crippen LogP contribution is 2.73. The molecule has 3 unspecified atom stereocenters. The van der Waals surface area contributed by atoms with Gasteiger partial charge in [-0.15, -0.1) is 6.58 Å². The van der Waals surface area contributed by atoms with Crippen molar-refractivity contribution in [2.75, 3.05) is 13.2 Å². The fourth-order valence-electron chi connectivity index (χ4n) is 12.0. The zero-order valence-electron chi connectivity index (χ0n) is 35.9. The van der Waals surface area contributed by atoms with Gasteiger partial charge in [0.1, 0.15) is 12.7 Å². The van der Waals surface area contributed by atoms with Crippen molar-refractivity contribution in [2.45, 2.75) is 159 Å². The predicted octanol–water partition coefficient (Wildman–Crippen LogP) is 8.21. The van der Waals surface area contributed by atoms with Gasteiger partial charge < -0.3 is 29.5 Å². The van der Waals surface area contributed by atoms with Crippen LogP contribution in [-0.2, 0) is 28.6 Å². The molecule has 0 aliphatic heterocycles. The molecule has 9 nitrogen and oxygen atoms in total. The average Bonchev–Trinajstić information content (AvgIpc) is 3.13. The summed E-state index contributed by atoms with van der Waals surface area (Å²) < 4.78 is 18.1. The van der Waals surface area contributed by atoms with Gasteiger partial charge in [0.2, 0.25) is 0 Å². The van der Waals surface area contributed by atoms with Crippen LogP contribution in [0.25, 0.3) is 0 Å². The molecule has 0 radical (unpaired) electrons. The van der Waals surface area contributed by atoms with Crippen molar-refractivity contribution in [1.29, 1.82) is 0 Å². The standard InChI is InChI=1S/C46H72O9/c1-14-18-33-43(11)21-20-34(47)44(12,26-53-38(50)28(5)15-2)32(43)19-22-45(33,13)42(10)24-31-23-41(8,9)36(49)37(55-40(52)30(7)17-4)46(31,35(48)25-42)27-54-39(51)29(6)16-3/h14-17,31-37,47-49H,1,18-27H2,2-13H3/b28-15-,29-16-,30-17-/t31?,32?,33?,34-,35+,36-,37-,42-,43-,44+,45+,46-/m0/s1. The Labute approximate surface area is 331 Å². The molecule has 12 atom stereocenters. The number of ether oxygens (including phenoxy) is 3. The SMILES string of the molecule is C=CCC1[C@@]2(C)CC[C@H](O)[C@](C)(COC(=O)/C(C)=C\C)C2CC[C@@]1(C)[C@@]1(C)CC2CC(C)(C)[C@@H](O)[C@H](OC(=O)/C(C)=C\C)[C@]2(COC(=O)/C(C)=C\C)[C@H](O)C1. The van der Waals surface area contributed by atoms with E-state index in [1.165, 1.54) is 0 Å². The van der Waals surface area contributed by atoms with E-state index in [2.05, 4.69) is 34.3 Å².